The zero-order valence-corrected chi connectivity index (χ0v) is 23.8. The average Bonchev–Trinajstić information content (AvgIpc) is 3.55. The molecule has 0 radical (unpaired) electrons. The number of anilines is 2. The first kappa shape index (κ1) is 29.4. The third kappa shape index (κ3) is 5.40. The van der Waals surface area contributed by atoms with Crippen molar-refractivity contribution in [1.82, 2.24) is 0 Å². The molecule has 1 amide bonds. The quantitative estimate of drug-likeness (QED) is 0.350. The van der Waals surface area contributed by atoms with Gasteiger partial charge in [0.05, 0.1) is 17.1 Å². The fourth-order valence-corrected chi connectivity index (χ4v) is 6.12. The molecule has 2 aliphatic heterocycles. The van der Waals surface area contributed by atoms with Crippen LogP contribution in [0.2, 0.25) is 0 Å². The lowest BCUT2D eigenvalue weighted by Gasteiger charge is -2.24. The van der Waals surface area contributed by atoms with Gasteiger partial charge in [-0.2, -0.15) is 0 Å². The number of rotatable bonds is 8. The predicted octanol–water partition coefficient (Wildman–Crippen LogP) is 5.23. The van der Waals surface area contributed by atoms with Crippen LogP contribution in [0.5, 0.6) is 0 Å². The third-order valence-corrected chi connectivity index (χ3v) is 8.83. The van der Waals surface area contributed by atoms with Gasteiger partial charge in [-0.1, -0.05) is 55.1 Å². The normalized spacial score (nSPS) is 21.4. The molecule has 10 heteroatoms. The Hall–Kier alpha value is -4.12. The zero-order chi connectivity index (χ0) is 30.2. The number of allylic oxidation sites excluding steroid dienone is 4. The molecule has 7 nitrogen and oxygen atoms in total. The van der Waals surface area contributed by atoms with E-state index >= 15 is 0 Å². The number of aliphatic hydroxyl groups is 1. The molecule has 218 valence electrons. The number of halogens is 2. The molecular weight excluding hydrogens is 560 g/mol. The van der Waals surface area contributed by atoms with Crippen molar-refractivity contribution in [1.29, 1.82) is 0 Å². The van der Waals surface area contributed by atoms with Gasteiger partial charge in [0.1, 0.15) is 5.83 Å². The first-order valence-corrected chi connectivity index (χ1v) is 14.9. The molecule has 2 unspecified atom stereocenters. The lowest BCUT2D eigenvalue weighted by molar-refractivity contribution is -0.132. The predicted molar refractivity (Wildman–Crippen MR) is 158 cm³/mol. The summed E-state index contributed by atoms with van der Waals surface area (Å²) < 4.78 is 50.5. The summed E-state index contributed by atoms with van der Waals surface area (Å²) in [6.45, 7) is 6.42. The van der Waals surface area contributed by atoms with Gasteiger partial charge in [0.15, 0.2) is 11.4 Å². The highest BCUT2D eigenvalue weighted by Gasteiger charge is 2.51. The Kier molecular flexibility index (Phi) is 7.89. The Morgan fingerprint density at radius 2 is 1.76 bits per heavy atom. The van der Waals surface area contributed by atoms with Gasteiger partial charge in [0.2, 0.25) is 10.0 Å². The molecule has 0 bridgehead atoms. The van der Waals surface area contributed by atoms with Gasteiger partial charge < -0.3 is 14.9 Å². The third-order valence-electron chi connectivity index (χ3n) is 7.90. The van der Waals surface area contributed by atoms with Crippen LogP contribution < -0.4 is 14.9 Å². The van der Waals surface area contributed by atoms with Crippen molar-refractivity contribution in [2.24, 2.45) is 11.1 Å². The van der Waals surface area contributed by atoms with Gasteiger partial charge in [-0.05, 0) is 66.5 Å². The summed E-state index contributed by atoms with van der Waals surface area (Å²) in [4.78, 5) is 17.3. The van der Waals surface area contributed by atoms with Gasteiger partial charge in [0, 0.05) is 30.3 Å². The lowest BCUT2D eigenvalue weighted by Crippen LogP contribution is -2.40. The van der Waals surface area contributed by atoms with Crippen molar-refractivity contribution in [3.8, 4) is 0 Å². The summed E-state index contributed by atoms with van der Waals surface area (Å²) in [7, 11) is -3.93. The Morgan fingerprint density at radius 1 is 1.10 bits per heavy atom. The number of nitrogens with zero attached hydrogens (tertiary/aromatic N) is 2. The number of hydrogen-bond acceptors (Lipinski definition) is 5. The van der Waals surface area contributed by atoms with E-state index in [-0.39, 0.29) is 22.9 Å². The molecule has 2 heterocycles. The van der Waals surface area contributed by atoms with Gasteiger partial charge in [-0.3, -0.25) is 4.79 Å². The molecule has 1 saturated heterocycles. The highest BCUT2D eigenvalue weighted by molar-refractivity contribution is 7.89. The monoisotopic (exact) mass is 591 g/mol. The number of carbonyl (C=O) groups excluding carboxylic acids is 1. The Bertz CT molecular complexity index is 1700. The molecule has 2 aliphatic rings. The fourth-order valence-electron chi connectivity index (χ4n) is 5.61. The summed E-state index contributed by atoms with van der Waals surface area (Å²) in [6, 6.07) is 20.0. The number of fused-ring (bicyclic) bond motifs is 1. The second-order valence-electron chi connectivity index (χ2n) is 10.5. The van der Waals surface area contributed by atoms with Crippen LogP contribution in [0.15, 0.2) is 114 Å². The molecule has 0 aliphatic carbocycles. The van der Waals surface area contributed by atoms with Crippen LogP contribution in [0.4, 0.5) is 20.2 Å². The number of para-hydroxylation sites is 1. The lowest BCUT2D eigenvalue weighted by atomic mass is 9.87. The molecule has 0 aromatic heterocycles. The van der Waals surface area contributed by atoms with Gasteiger partial charge in [-0.25, -0.2) is 22.3 Å². The summed E-state index contributed by atoms with van der Waals surface area (Å²) in [5, 5.41) is 17.0. The van der Waals surface area contributed by atoms with Crippen LogP contribution in [0.1, 0.15) is 30.0 Å². The number of primary sulfonamides is 1. The summed E-state index contributed by atoms with van der Waals surface area (Å²) in [5.41, 5.74) is 1.65. The molecular formula is C32H31F2N3O4S. The maximum absolute atomic E-state index is 13.9. The van der Waals surface area contributed by atoms with Gasteiger partial charge >= 0.3 is 0 Å². The Labute approximate surface area is 243 Å². The topological polar surface area (TPSA) is 104 Å². The van der Waals surface area contributed by atoms with Crippen molar-refractivity contribution in [3.05, 3.63) is 125 Å². The van der Waals surface area contributed by atoms with Crippen molar-refractivity contribution in [2.75, 3.05) is 22.9 Å². The van der Waals surface area contributed by atoms with Crippen LogP contribution >= 0.6 is 0 Å². The first-order chi connectivity index (χ1) is 19.9. The highest BCUT2D eigenvalue weighted by atomic mass is 32.2. The van der Waals surface area contributed by atoms with E-state index in [2.05, 4.69) is 11.5 Å². The molecule has 5 rings (SSSR count). The maximum Gasteiger partial charge on any atom is 0.268 e. The summed E-state index contributed by atoms with van der Waals surface area (Å²) in [5.74, 6) is -2.29. The van der Waals surface area contributed by atoms with Gasteiger partial charge in [0.25, 0.3) is 5.91 Å². The van der Waals surface area contributed by atoms with Crippen LogP contribution in [0, 0.1) is 5.92 Å². The highest BCUT2D eigenvalue weighted by Crippen LogP contribution is 2.45. The van der Waals surface area contributed by atoms with E-state index in [1.807, 2.05) is 24.3 Å². The van der Waals surface area contributed by atoms with E-state index in [0.29, 0.717) is 23.4 Å². The Balaban J connectivity index is 1.35. The molecule has 2 atom stereocenters. The molecule has 0 spiro atoms. The van der Waals surface area contributed by atoms with Crippen LogP contribution in [0.3, 0.4) is 0 Å². The van der Waals surface area contributed by atoms with Crippen molar-refractivity contribution >= 4 is 27.3 Å². The van der Waals surface area contributed by atoms with Crippen LogP contribution in [0.25, 0.3) is 0 Å². The average molecular weight is 592 g/mol. The van der Waals surface area contributed by atoms with E-state index in [0.717, 1.165) is 31.1 Å². The number of nitrogens with two attached hydrogens (primary N) is 1. The molecule has 0 saturated carbocycles. The van der Waals surface area contributed by atoms with Crippen molar-refractivity contribution < 1.29 is 27.1 Å². The smallest absolute Gasteiger partial charge is 0.268 e. The molecule has 1 fully saturated rings. The minimum atomic E-state index is -3.93. The van der Waals surface area contributed by atoms with E-state index in [4.69, 9.17) is 5.14 Å². The van der Waals surface area contributed by atoms with E-state index < -0.39 is 33.2 Å². The number of benzene rings is 3. The maximum atomic E-state index is 13.9. The minimum absolute atomic E-state index is 0.0164. The number of amides is 1. The van der Waals surface area contributed by atoms with Crippen LogP contribution in [-0.4, -0.2) is 32.5 Å². The molecule has 42 heavy (non-hydrogen) atoms. The molecule has 3 aromatic carbocycles. The minimum Gasteiger partial charge on any atom is -0.372 e. The van der Waals surface area contributed by atoms with Gasteiger partial charge in [-0.15, -0.1) is 0 Å². The SMILES string of the molecule is C=C/C(=C\C(F)=C(/C)F)C1CCN(c2ccc(CN3C(=O)C(O)(c4ccc(S(N)(=O)=O)cc4)c4ccccc43)cc2)C1. The second kappa shape index (κ2) is 11.3. The van der Waals surface area contributed by atoms with Crippen molar-refractivity contribution in [3.63, 3.8) is 0 Å². The largest absolute Gasteiger partial charge is 0.372 e. The second-order valence-corrected chi connectivity index (χ2v) is 12.1. The molecule has 3 aromatic rings. The number of hydrogen-bond donors (Lipinski definition) is 2. The summed E-state index contributed by atoms with van der Waals surface area (Å²) >= 11 is 0. The Morgan fingerprint density at radius 3 is 2.38 bits per heavy atom. The fraction of sp³-hybridized carbons (Fsp3) is 0.219. The number of carbonyl (C=O) groups is 1. The van der Waals surface area contributed by atoms with E-state index in [9.17, 15) is 27.1 Å². The first-order valence-electron chi connectivity index (χ1n) is 13.4. The van der Waals surface area contributed by atoms with E-state index in [1.54, 1.807) is 30.3 Å². The van der Waals surface area contributed by atoms with E-state index in [1.165, 1.54) is 35.2 Å². The number of sulfonamides is 1. The standard InChI is InChI=1S/C32H31F2N3O4S/c1-3-23(18-29(34)21(2)33)24-16-17-36(20-24)26-12-8-22(9-13-26)19-37-30-7-5-4-6-28(30)32(39,31(37)38)25-10-14-27(15-11-25)42(35,40)41/h3-15,18,24,39H,1,16-17,19-20H2,2H3,(H2,35,40,41)/b23-18+,29-21-. The van der Waals surface area contributed by atoms with Crippen molar-refractivity contribution in [2.45, 2.75) is 30.4 Å². The molecule has 3 N–H and O–H groups in total. The van der Waals surface area contributed by atoms with Crippen LogP contribution in [-0.2, 0) is 27.0 Å². The summed E-state index contributed by atoms with van der Waals surface area (Å²) in [6.07, 6.45) is 3.55. The zero-order valence-electron chi connectivity index (χ0n) is 23.0.